The molecule has 2 heteroatoms. The number of aliphatic hydroxyl groups excluding tert-OH is 1. The molecule has 1 aromatic rings. The first-order valence-electron chi connectivity index (χ1n) is 6.18. The van der Waals surface area contributed by atoms with E-state index in [9.17, 15) is 9.50 Å². The summed E-state index contributed by atoms with van der Waals surface area (Å²) in [5.74, 6) is 0.162. The smallest absolute Gasteiger partial charge is 0.123 e. The van der Waals surface area contributed by atoms with Crippen LogP contribution >= 0.6 is 0 Å². The molecular weight excluding hydrogens is 203 g/mol. The van der Waals surface area contributed by atoms with Gasteiger partial charge < -0.3 is 5.11 Å². The van der Waals surface area contributed by atoms with Crippen LogP contribution in [-0.2, 0) is 6.42 Å². The maximum Gasteiger partial charge on any atom is 0.123 e. The number of benzene rings is 1. The zero-order valence-electron chi connectivity index (χ0n) is 9.75. The van der Waals surface area contributed by atoms with Gasteiger partial charge in [0.25, 0.3) is 0 Å². The third kappa shape index (κ3) is 2.27. The lowest BCUT2D eigenvalue weighted by Crippen LogP contribution is -2.11. The molecule has 1 aromatic carbocycles. The first kappa shape index (κ1) is 11.6. The molecule has 1 unspecified atom stereocenters. The molecule has 1 aliphatic carbocycles. The van der Waals surface area contributed by atoms with E-state index in [-0.39, 0.29) is 5.82 Å². The summed E-state index contributed by atoms with van der Waals surface area (Å²) in [7, 11) is 0. The minimum absolute atomic E-state index is 0.209. The van der Waals surface area contributed by atoms with Crippen LogP contribution in [0.1, 0.15) is 49.8 Å². The summed E-state index contributed by atoms with van der Waals surface area (Å²) in [5.41, 5.74) is 1.87. The van der Waals surface area contributed by atoms with Crippen LogP contribution in [0, 0.1) is 11.7 Å². The highest BCUT2D eigenvalue weighted by atomic mass is 19.1. The predicted molar refractivity (Wildman–Crippen MR) is 62.7 cm³/mol. The summed E-state index contributed by atoms with van der Waals surface area (Å²) < 4.78 is 13.1. The molecule has 2 rings (SSSR count). The molecule has 0 aliphatic heterocycles. The topological polar surface area (TPSA) is 20.2 Å². The molecule has 1 nitrogen and oxygen atoms in total. The standard InChI is InChI=1S/C14H19FO/c1-2-10-9-12(15)7-8-13(10)14(16)11-5-3-4-6-11/h7-9,11,14,16H,2-6H2,1H3. The SMILES string of the molecule is CCc1cc(F)ccc1C(O)C1CCCC1. The molecule has 0 saturated heterocycles. The second-order valence-electron chi connectivity index (χ2n) is 4.69. The number of halogens is 1. The zero-order valence-corrected chi connectivity index (χ0v) is 9.75. The summed E-state index contributed by atoms with van der Waals surface area (Å²) >= 11 is 0. The summed E-state index contributed by atoms with van der Waals surface area (Å²) in [5, 5.41) is 10.3. The van der Waals surface area contributed by atoms with Gasteiger partial charge in [-0.3, -0.25) is 0 Å². The lowest BCUT2D eigenvalue weighted by molar-refractivity contribution is 0.111. The van der Waals surface area contributed by atoms with Gasteiger partial charge in [-0.2, -0.15) is 0 Å². The highest BCUT2D eigenvalue weighted by Gasteiger charge is 2.25. The monoisotopic (exact) mass is 222 g/mol. The van der Waals surface area contributed by atoms with E-state index in [1.165, 1.54) is 18.9 Å². The van der Waals surface area contributed by atoms with Gasteiger partial charge in [0.15, 0.2) is 0 Å². The molecular formula is C14H19FO. The largest absolute Gasteiger partial charge is 0.388 e. The number of hydrogen-bond donors (Lipinski definition) is 1. The zero-order chi connectivity index (χ0) is 11.5. The maximum absolute atomic E-state index is 13.1. The van der Waals surface area contributed by atoms with E-state index in [2.05, 4.69) is 0 Å². The first-order chi connectivity index (χ1) is 7.72. The van der Waals surface area contributed by atoms with Gasteiger partial charge in [-0.1, -0.05) is 25.8 Å². The summed E-state index contributed by atoms with van der Waals surface area (Å²) in [6, 6.07) is 4.75. The summed E-state index contributed by atoms with van der Waals surface area (Å²) in [6.07, 6.45) is 4.99. The Balaban J connectivity index is 2.24. The molecule has 1 fully saturated rings. The van der Waals surface area contributed by atoms with Crippen molar-refractivity contribution in [3.8, 4) is 0 Å². The van der Waals surface area contributed by atoms with Crippen molar-refractivity contribution in [3.63, 3.8) is 0 Å². The van der Waals surface area contributed by atoms with Gasteiger partial charge in [0, 0.05) is 0 Å². The van der Waals surface area contributed by atoms with Gasteiger partial charge in [-0.05, 0) is 48.4 Å². The molecule has 0 amide bonds. The normalized spacial score (nSPS) is 18.9. The number of rotatable bonds is 3. The van der Waals surface area contributed by atoms with Gasteiger partial charge in [-0.25, -0.2) is 4.39 Å². The van der Waals surface area contributed by atoms with Crippen LogP contribution in [0.5, 0.6) is 0 Å². The molecule has 1 N–H and O–H groups in total. The number of aryl methyl sites for hydroxylation is 1. The van der Waals surface area contributed by atoms with Crippen molar-refractivity contribution in [3.05, 3.63) is 35.1 Å². The Morgan fingerprint density at radius 3 is 2.69 bits per heavy atom. The average Bonchev–Trinajstić information content (AvgIpc) is 2.81. The Bertz CT molecular complexity index is 356. The van der Waals surface area contributed by atoms with E-state index in [0.717, 1.165) is 30.4 Å². The van der Waals surface area contributed by atoms with Crippen molar-refractivity contribution >= 4 is 0 Å². The van der Waals surface area contributed by atoms with Crippen molar-refractivity contribution in [1.29, 1.82) is 0 Å². The van der Waals surface area contributed by atoms with Crippen molar-refractivity contribution in [1.82, 2.24) is 0 Å². The van der Waals surface area contributed by atoms with E-state index in [1.54, 1.807) is 12.1 Å². The molecule has 1 atom stereocenters. The molecule has 1 aliphatic rings. The summed E-state index contributed by atoms with van der Waals surface area (Å²) in [4.78, 5) is 0. The maximum atomic E-state index is 13.1. The second-order valence-corrected chi connectivity index (χ2v) is 4.69. The lowest BCUT2D eigenvalue weighted by Gasteiger charge is -2.20. The Hall–Kier alpha value is -0.890. The summed E-state index contributed by atoms with van der Waals surface area (Å²) in [6.45, 7) is 2.00. The average molecular weight is 222 g/mol. The van der Waals surface area contributed by atoms with Crippen molar-refractivity contribution in [2.24, 2.45) is 5.92 Å². The molecule has 88 valence electrons. The molecule has 16 heavy (non-hydrogen) atoms. The minimum atomic E-state index is -0.405. The van der Waals surface area contributed by atoms with Crippen LogP contribution in [-0.4, -0.2) is 5.11 Å². The van der Waals surface area contributed by atoms with Gasteiger partial charge in [0.2, 0.25) is 0 Å². The Morgan fingerprint density at radius 2 is 2.06 bits per heavy atom. The number of hydrogen-bond acceptors (Lipinski definition) is 1. The van der Waals surface area contributed by atoms with Gasteiger partial charge >= 0.3 is 0 Å². The van der Waals surface area contributed by atoms with E-state index in [4.69, 9.17) is 0 Å². The molecule has 1 saturated carbocycles. The quantitative estimate of drug-likeness (QED) is 0.828. The molecule has 0 aromatic heterocycles. The van der Waals surface area contributed by atoms with Crippen LogP contribution in [0.2, 0.25) is 0 Å². The van der Waals surface area contributed by atoms with Crippen LogP contribution in [0.15, 0.2) is 18.2 Å². The van der Waals surface area contributed by atoms with Crippen molar-refractivity contribution in [2.75, 3.05) is 0 Å². The third-order valence-electron chi connectivity index (χ3n) is 3.65. The second kappa shape index (κ2) is 4.96. The fraction of sp³-hybridized carbons (Fsp3) is 0.571. The van der Waals surface area contributed by atoms with Gasteiger partial charge in [0.1, 0.15) is 5.82 Å². The third-order valence-corrected chi connectivity index (χ3v) is 3.65. The Morgan fingerprint density at radius 1 is 1.38 bits per heavy atom. The molecule has 0 radical (unpaired) electrons. The first-order valence-corrected chi connectivity index (χ1v) is 6.18. The van der Waals surface area contributed by atoms with Crippen LogP contribution in [0.4, 0.5) is 4.39 Å². The molecule has 0 bridgehead atoms. The van der Waals surface area contributed by atoms with E-state index < -0.39 is 6.10 Å². The van der Waals surface area contributed by atoms with Crippen molar-refractivity contribution < 1.29 is 9.50 Å². The lowest BCUT2D eigenvalue weighted by atomic mass is 9.90. The van der Waals surface area contributed by atoms with E-state index in [1.807, 2.05) is 6.92 Å². The predicted octanol–water partition coefficient (Wildman–Crippen LogP) is 3.61. The van der Waals surface area contributed by atoms with E-state index in [0.29, 0.717) is 5.92 Å². The van der Waals surface area contributed by atoms with Crippen LogP contribution in [0.25, 0.3) is 0 Å². The fourth-order valence-electron chi connectivity index (χ4n) is 2.70. The Kier molecular flexibility index (Phi) is 3.59. The van der Waals surface area contributed by atoms with Gasteiger partial charge in [-0.15, -0.1) is 0 Å². The fourth-order valence-corrected chi connectivity index (χ4v) is 2.70. The van der Waals surface area contributed by atoms with Crippen LogP contribution < -0.4 is 0 Å². The highest BCUT2D eigenvalue weighted by molar-refractivity contribution is 5.30. The molecule has 0 spiro atoms. The Labute approximate surface area is 96.3 Å². The van der Waals surface area contributed by atoms with Crippen LogP contribution in [0.3, 0.4) is 0 Å². The van der Waals surface area contributed by atoms with Crippen molar-refractivity contribution in [2.45, 2.75) is 45.1 Å². The number of aliphatic hydroxyl groups is 1. The molecule has 0 heterocycles. The van der Waals surface area contributed by atoms with E-state index >= 15 is 0 Å². The minimum Gasteiger partial charge on any atom is -0.388 e. The highest BCUT2D eigenvalue weighted by Crippen LogP contribution is 2.36. The van der Waals surface area contributed by atoms with Gasteiger partial charge in [0.05, 0.1) is 6.10 Å².